The van der Waals surface area contributed by atoms with E-state index in [0.717, 1.165) is 22.6 Å². The minimum atomic E-state index is -0.594. The number of hydrogen-bond donors (Lipinski definition) is 1. The highest BCUT2D eigenvalue weighted by atomic mass is 16.5. The van der Waals surface area contributed by atoms with E-state index in [9.17, 15) is 9.90 Å². The fourth-order valence-electron chi connectivity index (χ4n) is 3.76. The van der Waals surface area contributed by atoms with Gasteiger partial charge in [0.1, 0.15) is 24.2 Å². The third-order valence-corrected chi connectivity index (χ3v) is 5.48. The second kappa shape index (κ2) is 9.81. The van der Waals surface area contributed by atoms with Crippen molar-refractivity contribution in [3.8, 4) is 16.9 Å². The summed E-state index contributed by atoms with van der Waals surface area (Å²) < 4.78 is 11.2. The van der Waals surface area contributed by atoms with E-state index in [1.54, 1.807) is 17.0 Å². The standard InChI is InChI=1S/C25H28N2O4/c1-19-7-12-24(31-19)25(29)27-15-13-26(14-16-27)17-22(28)18-30-23-10-8-21(9-11-23)20-5-3-2-4-6-20/h2-12,22,28H,13-18H2,1H3. The molecule has 1 N–H and O–H groups in total. The summed E-state index contributed by atoms with van der Waals surface area (Å²) in [6, 6.07) is 21.6. The molecule has 1 aromatic heterocycles. The van der Waals surface area contributed by atoms with Crippen LogP contribution in [0.5, 0.6) is 5.75 Å². The lowest BCUT2D eigenvalue weighted by atomic mass is 10.1. The minimum absolute atomic E-state index is 0.0735. The van der Waals surface area contributed by atoms with E-state index in [0.29, 0.717) is 38.5 Å². The van der Waals surface area contributed by atoms with Crippen LogP contribution >= 0.6 is 0 Å². The van der Waals surface area contributed by atoms with Gasteiger partial charge in [0.15, 0.2) is 5.76 Å². The average Bonchev–Trinajstić information content (AvgIpc) is 3.25. The molecule has 31 heavy (non-hydrogen) atoms. The number of aryl methyl sites for hydroxylation is 1. The Kier molecular flexibility index (Phi) is 6.70. The molecule has 1 fully saturated rings. The van der Waals surface area contributed by atoms with E-state index in [1.807, 2.05) is 49.4 Å². The molecule has 6 heteroatoms. The van der Waals surface area contributed by atoms with E-state index in [2.05, 4.69) is 17.0 Å². The van der Waals surface area contributed by atoms with Crippen LogP contribution in [0.4, 0.5) is 0 Å². The monoisotopic (exact) mass is 420 g/mol. The smallest absolute Gasteiger partial charge is 0.289 e. The molecule has 2 heterocycles. The highest BCUT2D eigenvalue weighted by molar-refractivity contribution is 5.91. The molecule has 0 spiro atoms. The predicted octanol–water partition coefficient (Wildman–Crippen LogP) is 3.45. The zero-order valence-electron chi connectivity index (χ0n) is 17.7. The van der Waals surface area contributed by atoms with Crippen molar-refractivity contribution >= 4 is 5.91 Å². The van der Waals surface area contributed by atoms with Crippen molar-refractivity contribution in [2.75, 3.05) is 39.3 Å². The molecule has 2 aromatic carbocycles. The van der Waals surface area contributed by atoms with Gasteiger partial charge in [-0.25, -0.2) is 0 Å². The maximum absolute atomic E-state index is 12.5. The third-order valence-electron chi connectivity index (χ3n) is 5.48. The largest absolute Gasteiger partial charge is 0.491 e. The van der Waals surface area contributed by atoms with Gasteiger partial charge in [-0.1, -0.05) is 42.5 Å². The Morgan fingerprint density at radius 3 is 2.29 bits per heavy atom. The molecule has 1 aliphatic rings. The Morgan fingerprint density at radius 1 is 0.968 bits per heavy atom. The number of β-amino-alcohol motifs (C(OH)–C–C–N with tert-alkyl or cyclic N) is 1. The molecular formula is C25H28N2O4. The number of amides is 1. The number of hydrogen-bond acceptors (Lipinski definition) is 5. The van der Waals surface area contributed by atoms with Crippen molar-refractivity contribution < 1.29 is 19.1 Å². The number of piperazine rings is 1. The zero-order valence-corrected chi connectivity index (χ0v) is 17.7. The second-order valence-electron chi connectivity index (χ2n) is 7.86. The number of aliphatic hydroxyl groups excluding tert-OH is 1. The SMILES string of the molecule is Cc1ccc(C(=O)N2CCN(CC(O)COc3ccc(-c4ccccc4)cc3)CC2)o1. The molecule has 0 aliphatic carbocycles. The van der Waals surface area contributed by atoms with Gasteiger partial charge in [-0.3, -0.25) is 9.69 Å². The van der Waals surface area contributed by atoms with Gasteiger partial charge in [0.25, 0.3) is 5.91 Å². The molecule has 1 atom stereocenters. The topological polar surface area (TPSA) is 66.2 Å². The van der Waals surface area contributed by atoms with Crippen molar-refractivity contribution in [1.29, 1.82) is 0 Å². The van der Waals surface area contributed by atoms with Gasteiger partial charge in [-0.2, -0.15) is 0 Å². The van der Waals surface area contributed by atoms with E-state index in [1.165, 1.54) is 0 Å². The summed E-state index contributed by atoms with van der Waals surface area (Å²) in [6.07, 6.45) is -0.594. The lowest BCUT2D eigenvalue weighted by Crippen LogP contribution is -2.50. The molecule has 162 valence electrons. The molecule has 0 radical (unpaired) electrons. The number of carbonyl (C=O) groups excluding carboxylic acids is 1. The highest BCUT2D eigenvalue weighted by Gasteiger charge is 2.25. The van der Waals surface area contributed by atoms with Crippen molar-refractivity contribution in [3.63, 3.8) is 0 Å². The van der Waals surface area contributed by atoms with Crippen molar-refractivity contribution in [1.82, 2.24) is 9.80 Å². The summed E-state index contributed by atoms with van der Waals surface area (Å²) in [6.45, 7) is 5.25. The molecule has 1 amide bonds. The van der Waals surface area contributed by atoms with Crippen molar-refractivity contribution in [3.05, 3.63) is 78.3 Å². The molecule has 0 saturated carbocycles. The van der Waals surface area contributed by atoms with Gasteiger partial charge < -0.3 is 19.2 Å². The van der Waals surface area contributed by atoms with Gasteiger partial charge in [0, 0.05) is 32.7 Å². The van der Waals surface area contributed by atoms with E-state index < -0.39 is 6.10 Å². The summed E-state index contributed by atoms with van der Waals surface area (Å²) in [5, 5.41) is 10.4. The van der Waals surface area contributed by atoms with Crippen LogP contribution in [0.2, 0.25) is 0 Å². The van der Waals surface area contributed by atoms with Gasteiger partial charge >= 0.3 is 0 Å². The first kappa shape index (κ1) is 21.2. The van der Waals surface area contributed by atoms with Crippen LogP contribution in [-0.4, -0.2) is 66.2 Å². The quantitative estimate of drug-likeness (QED) is 0.634. The Bertz CT molecular complexity index is 976. The fraction of sp³-hybridized carbons (Fsp3) is 0.320. The summed E-state index contributed by atoms with van der Waals surface area (Å²) >= 11 is 0. The van der Waals surface area contributed by atoms with Crippen LogP contribution in [0.1, 0.15) is 16.3 Å². The van der Waals surface area contributed by atoms with Crippen LogP contribution in [-0.2, 0) is 0 Å². The number of aliphatic hydroxyl groups is 1. The summed E-state index contributed by atoms with van der Waals surface area (Å²) in [5.41, 5.74) is 2.29. The van der Waals surface area contributed by atoms with Gasteiger partial charge in [0.2, 0.25) is 0 Å². The second-order valence-corrected chi connectivity index (χ2v) is 7.86. The lowest BCUT2D eigenvalue weighted by Gasteiger charge is -2.35. The number of carbonyl (C=O) groups is 1. The summed E-state index contributed by atoms with van der Waals surface area (Å²) in [5.74, 6) is 1.79. The molecular weight excluding hydrogens is 392 g/mol. The van der Waals surface area contributed by atoms with Crippen LogP contribution in [0.25, 0.3) is 11.1 Å². The van der Waals surface area contributed by atoms with E-state index in [-0.39, 0.29) is 12.5 Å². The fourth-order valence-corrected chi connectivity index (χ4v) is 3.76. The highest BCUT2D eigenvalue weighted by Crippen LogP contribution is 2.22. The Labute approximate surface area is 182 Å². The van der Waals surface area contributed by atoms with Crippen LogP contribution in [0.3, 0.4) is 0 Å². The Hall–Kier alpha value is -3.09. The first-order chi connectivity index (χ1) is 15.1. The van der Waals surface area contributed by atoms with Crippen molar-refractivity contribution in [2.45, 2.75) is 13.0 Å². The molecule has 1 unspecified atom stereocenters. The Balaban J connectivity index is 1.20. The normalized spacial score (nSPS) is 15.6. The molecule has 0 bridgehead atoms. The number of rotatable bonds is 7. The zero-order chi connectivity index (χ0) is 21.6. The summed E-state index contributed by atoms with van der Waals surface area (Å²) in [7, 11) is 0. The third kappa shape index (κ3) is 5.54. The molecule has 1 aliphatic heterocycles. The molecule has 1 saturated heterocycles. The average molecular weight is 421 g/mol. The van der Waals surface area contributed by atoms with Gasteiger partial charge in [0.05, 0.1) is 0 Å². The number of benzene rings is 2. The van der Waals surface area contributed by atoms with E-state index in [4.69, 9.17) is 9.15 Å². The lowest BCUT2D eigenvalue weighted by molar-refractivity contribution is 0.0389. The maximum atomic E-state index is 12.5. The molecule has 6 nitrogen and oxygen atoms in total. The van der Waals surface area contributed by atoms with Crippen LogP contribution in [0.15, 0.2) is 71.1 Å². The first-order valence-corrected chi connectivity index (χ1v) is 10.6. The van der Waals surface area contributed by atoms with Crippen LogP contribution < -0.4 is 4.74 Å². The molecule has 3 aromatic rings. The molecule has 4 rings (SSSR count). The number of ether oxygens (including phenoxy) is 1. The Morgan fingerprint density at radius 2 is 1.65 bits per heavy atom. The number of furan rings is 1. The summed E-state index contributed by atoms with van der Waals surface area (Å²) in [4.78, 5) is 16.4. The minimum Gasteiger partial charge on any atom is -0.491 e. The van der Waals surface area contributed by atoms with Gasteiger partial charge in [-0.15, -0.1) is 0 Å². The number of nitrogens with zero attached hydrogens (tertiary/aromatic N) is 2. The van der Waals surface area contributed by atoms with Crippen molar-refractivity contribution in [2.24, 2.45) is 0 Å². The predicted molar refractivity (Wildman–Crippen MR) is 119 cm³/mol. The first-order valence-electron chi connectivity index (χ1n) is 10.6. The maximum Gasteiger partial charge on any atom is 0.289 e. The van der Waals surface area contributed by atoms with Crippen LogP contribution in [0, 0.1) is 6.92 Å². The van der Waals surface area contributed by atoms with E-state index >= 15 is 0 Å². The van der Waals surface area contributed by atoms with Gasteiger partial charge in [-0.05, 0) is 42.3 Å².